The van der Waals surface area contributed by atoms with Crippen molar-refractivity contribution in [3.05, 3.63) is 187 Å². The van der Waals surface area contributed by atoms with Gasteiger partial charge in [0, 0.05) is 43.9 Å². The molecule has 1 aliphatic rings. The maximum absolute atomic E-state index is 6.62. The molecular formula is C50H31NO2. The van der Waals surface area contributed by atoms with Crippen molar-refractivity contribution in [2.24, 2.45) is 0 Å². The molecule has 0 saturated carbocycles. The molecule has 0 bridgehead atoms. The first-order chi connectivity index (χ1) is 26.3. The Hall–Kier alpha value is -6.84. The zero-order valence-corrected chi connectivity index (χ0v) is 28.7. The number of fused-ring (bicyclic) bond motifs is 13. The summed E-state index contributed by atoms with van der Waals surface area (Å²) in [4.78, 5) is 0. The van der Waals surface area contributed by atoms with Crippen LogP contribution in [0.25, 0.3) is 93.6 Å². The molecular weight excluding hydrogens is 647 g/mol. The molecule has 0 aliphatic heterocycles. The summed E-state index contributed by atoms with van der Waals surface area (Å²) < 4.78 is 15.2. The SMILES string of the molecule is c1ccc(-n2c3ccccc3c3c4c(ccc32)C(Cc2ccc3c(c2)oc2cc(-c5ccc6c(c5)oc5ccccc56)ccc23)c2ccccc2-4)cc1. The molecule has 3 nitrogen and oxygen atoms in total. The quantitative estimate of drug-likeness (QED) is 0.186. The van der Waals surface area contributed by atoms with E-state index in [2.05, 4.69) is 162 Å². The lowest BCUT2D eigenvalue weighted by Gasteiger charge is -2.14. The summed E-state index contributed by atoms with van der Waals surface area (Å²) in [7, 11) is 0. The van der Waals surface area contributed by atoms with Gasteiger partial charge >= 0.3 is 0 Å². The van der Waals surface area contributed by atoms with Gasteiger partial charge in [-0.05, 0) is 106 Å². The van der Waals surface area contributed by atoms with Crippen molar-refractivity contribution in [1.29, 1.82) is 0 Å². The van der Waals surface area contributed by atoms with E-state index in [-0.39, 0.29) is 5.92 Å². The van der Waals surface area contributed by atoms with E-state index in [1.807, 2.05) is 12.1 Å². The Morgan fingerprint density at radius 2 is 1.06 bits per heavy atom. The third kappa shape index (κ3) is 4.16. The highest BCUT2D eigenvalue weighted by Crippen LogP contribution is 2.51. The van der Waals surface area contributed by atoms with E-state index in [1.165, 1.54) is 55.3 Å². The number of furan rings is 2. The molecule has 12 rings (SSSR count). The molecule has 248 valence electrons. The maximum Gasteiger partial charge on any atom is 0.136 e. The van der Waals surface area contributed by atoms with Crippen LogP contribution in [0.4, 0.5) is 0 Å². The average Bonchev–Trinajstić information content (AvgIpc) is 3.95. The second-order valence-corrected chi connectivity index (χ2v) is 14.4. The third-order valence-electron chi connectivity index (χ3n) is 11.6. The van der Waals surface area contributed by atoms with Crippen molar-refractivity contribution in [1.82, 2.24) is 4.57 Å². The Kier molecular flexibility index (Phi) is 5.89. The molecule has 1 atom stereocenters. The molecule has 0 saturated heterocycles. The predicted octanol–water partition coefficient (Wildman–Crippen LogP) is 13.6. The number of nitrogens with zero attached hydrogens (tertiary/aromatic N) is 1. The normalized spacial score (nSPS) is 13.9. The molecule has 0 radical (unpaired) electrons. The average molecular weight is 678 g/mol. The lowest BCUT2D eigenvalue weighted by molar-refractivity contribution is 0.667. The minimum atomic E-state index is 0.242. The first kappa shape index (κ1) is 28.8. The van der Waals surface area contributed by atoms with E-state index >= 15 is 0 Å². The summed E-state index contributed by atoms with van der Waals surface area (Å²) in [5, 5.41) is 7.18. The molecule has 0 amide bonds. The monoisotopic (exact) mass is 677 g/mol. The zero-order valence-electron chi connectivity index (χ0n) is 28.7. The van der Waals surface area contributed by atoms with Gasteiger partial charge < -0.3 is 13.4 Å². The van der Waals surface area contributed by atoms with E-state index in [0.29, 0.717) is 0 Å². The van der Waals surface area contributed by atoms with Crippen LogP contribution in [0.3, 0.4) is 0 Å². The van der Waals surface area contributed by atoms with Gasteiger partial charge in [-0.15, -0.1) is 0 Å². The van der Waals surface area contributed by atoms with Crippen LogP contribution >= 0.6 is 0 Å². The van der Waals surface area contributed by atoms with Crippen LogP contribution in [-0.2, 0) is 6.42 Å². The highest BCUT2D eigenvalue weighted by molar-refractivity contribution is 6.17. The van der Waals surface area contributed by atoms with Crippen molar-refractivity contribution < 1.29 is 8.83 Å². The van der Waals surface area contributed by atoms with Crippen LogP contribution in [-0.4, -0.2) is 4.57 Å². The molecule has 1 aliphatic carbocycles. The van der Waals surface area contributed by atoms with Gasteiger partial charge in [0.05, 0.1) is 11.0 Å². The van der Waals surface area contributed by atoms with Gasteiger partial charge in [-0.2, -0.15) is 0 Å². The molecule has 3 aromatic heterocycles. The highest BCUT2D eigenvalue weighted by Gasteiger charge is 2.32. The van der Waals surface area contributed by atoms with Crippen LogP contribution in [0.5, 0.6) is 0 Å². The first-order valence-electron chi connectivity index (χ1n) is 18.3. The second-order valence-electron chi connectivity index (χ2n) is 14.4. The van der Waals surface area contributed by atoms with Crippen molar-refractivity contribution in [3.8, 4) is 27.9 Å². The number of benzene rings is 8. The Labute approximate surface area is 304 Å². The number of para-hydroxylation sites is 3. The molecule has 0 N–H and O–H groups in total. The van der Waals surface area contributed by atoms with Crippen LogP contribution < -0.4 is 0 Å². The molecule has 0 fully saturated rings. The van der Waals surface area contributed by atoms with E-state index < -0.39 is 0 Å². The largest absolute Gasteiger partial charge is 0.456 e. The number of hydrogen-bond acceptors (Lipinski definition) is 2. The van der Waals surface area contributed by atoms with Crippen LogP contribution in [0.1, 0.15) is 22.6 Å². The molecule has 8 aromatic carbocycles. The number of rotatable bonds is 4. The van der Waals surface area contributed by atoms with E-state index in [1.54, 1.807) is 0 Å². The molecule has 3 heterocycles. The zero-order chi connectivity index (χ0) is 34.6. The van der Waals surface area contributed by atoms with Crippen molar-refractivity contribution in [2.75, 3.05) is 0 Å². The number of hydrogen-bond donors (Lipinski definition) is 0. The lowest BCUT2D eigenvalue weighted by Crippen LogP contribution is -2.01. The predicted molar refractivity (Wildman–Crippen MR) is 218 cm³/mol. The topological polar surface area (TPSA) is 31.2 Å². The summed E-state index contributed by atoms with van der Waals surface area (Å²) in [6.07, 6.45) is 0.891. The van der Waals surface area contributed by atoms with Gasteiger partial charge in [-0.1, -0.05) is 109 Å². The van der Waals surface area contributed by atoms with E-state index in [0.717, 1.165) is 61.4 Å². The fraction of sp³-hybridized carbons (Fsp3) is 0.0400. The van der Waals surface area contributed by atoms with Gasteiger partial charge in [-0.25, -0.2) is 0 Å². The molecule has 1 unspecified atom stereocenters. The van der Waals surface area contributed by atoms with Crippen molar-refractivity contribution in [2.45, 2.75) is 12.3 Å². The summed E-state index contributed by atoms with van der Waals surface area (Å²) in [6, 6.07) is 61.3. The summed E-state index contributed by atoms with van der Waals surface area (Å²) in [5.74, 6) is 0.242. The van der Waals surface area contributed by atoms with Crippen molar-refractivity contribution in [3.63, 3.8) is 0 Å². The van der Waals surface area contributed by atoms with Crippen LogP contribution in [0.15, 0.2) is 179 Å². The fourth-order valence-corrected chi connectivity index (χ4v) is 9.20. The second kappa shape index (κ2) is 10.8. The van der Waals surface area contributed by atoms with Crippen LogP contribution in [0.2, 0.25) is 0 Å². The molecule has 3 heteroatoms. The molecule has 11 aromatic rings. The summed E-state index contributed by atoms with van der Waals surface area (Å²) >= 11 is 0. The van der Waals surface area contributed by atoms with Gasteiger partial charge in [-0.3, -0.25) is 0 Å². The fourth-order valence-electron chi connectivity index (χ4n) is 9.20. The standard InChI is InChI=1S/C50H31NO2/c1-2-10-33(11-3-1)51-43-16-8-6-15-41(43)50-44(51)25-24-40-42(34-12-4-5-14-39(34)49(40)50)26-30-18-21-36-38-23-20-32(29-48(38)53-46(36)27-30)31-19-22-37-35-13-7-9-17-45(35)52-47(37)28-31/h1-25,27-29,42H,26H2. The Balaban J connectivity index is 0.950. The highest BCUT2D eigenvalue weighted by atomic mass is 16.3. The van der Waals surface area contributed by atoms with E-state index in [9.17, 15) is 0 Å². The maximum atomic E-state index is 6.62. The Morgan fingerprint density at radius 3 is 1.87 bits per heavy atom. The first-order valence-corrected chi connectivity index (χ1v) is 18.3. The minimum Gasteiger partial charge on any atom is -0.456 e. The van der Waals surface area contributed by atoms with Gasteiger partial charge in [0.1, 0.15) is 22.3 Å². The van der Waals surface area contributed by atoms with Crippen molar-refractivity contribution >= 4 is 65.7 Å². The van der Waals surface area contributed by atoms with Gasteiger partial charge in [0.25, 0.3) is 0 Å². The lowest BCUT2D eigenvalue weighted by atomic mass is 9.89. The third-order valence-corrected chi connectivity index (χ3v) is 11.6. The Morgan fingerprint density at radius 1 is 0.434 bits per heavy atom. The van der Waals surface area contributed by atoms with E-state index in [4.69, 9.17) is 8.83 Å². The summed E-state index contributed by atoms with van der Waals surface area (Å²) in [5.41, 5.74) is 16.3. The van der Waals surface area contributed by atoms with Gasteiger partial charge in [0.2, 0.25) is 0 Å². The van der Waals surface area contributed by atoms with Crippen LogP contribution in [0, 0.1) is 0 Å². The molecule has 0 spiro atoms. The summed E-state index contributed by atoms with van der Waals surface area (Å²) in [6.45, 7) is 0. The minimum absolute atomic E-state index is 0.242. The smallest absolute Gasteiger partial charge is 0.136 e. The van der Waals surface area contributed by atoms with Gasteiger partial charge in [0.15, 0.2) is 0 Å². The Bertz CT molecular complexity index is 3270. The molecule has 53 heavy (non-hydrogen) atoms. The number of aromatic nitrogens is 1.